The van der Waals surface area contributed by atoms with Crippen LogP contribution < -0.4 is 0 Å². The van der Waals surface area contributed by atoms with Crippen LogP contribution in [-0.2, 0) is 9.84 Å². The van der Waals surface area contributed by atoms with E-state index in [1.807, 2.05) is 36.4 Å². The summed E-state index contributed by atoms with van der Waals surface area (Å²) in [6.07, 6.45) is 10.7. The van der Waals surface area contributed by atoms with Crippen LogP contribution in [0.4, 0.5) is 0 Å². The second kappa shape index (κ2) is 6.51. The molecule has 27 heavy (non-hydrogen) atoms. The summed E-state index contributed by atoms with van der Waals surface area (Å²) < 4.78 is 23.5. The fourth-order valence-electron chi connectivity index (χ4n) is 4.18. The van der Waals surface area contributed by atoms with Gasteiger partial charge in [0, 0.05) is 11.7 Å². The van der Waals surface area contributed by atoms with Crippen molar-refractivity contribution in [3.63, 3.8) is 0 Å². The van der Waals surface area contributed by atoms with Gasteiger partial charge in [-0.05, 0) is 59.4 Å². The van der Waals surface area contributed by atoms with Gasteiger partial charge in [0.1, 0.15) is 0 Å². The van der Waals surface area contributed by atoms with Crippen molar-refractivity contribution in [2.45, 2.75) is 30.6 Å². The lowest BCUT2D eigenvalue weighted by molar-refractivity contribution is 0.523. The highest BCUT2D eigenvalue weighted by Gasteiger charge is 2.35. The smallest absolute Gasteiger partial charge is 0.175 e. The van der Waals surface area contributed by atoms with E-state index in [0.29, 0.717) is 10.5 Å². The van der Waals surface area contributed by atoms with Crippen molar-refractivity contribution in [1.29, 1.82) is 5.26 Å². The maximum Gasteiger partial charge on any atom is 0.175 e. The van der Waals surface area contributed by atoms with Gasteiger partial charge in [-0.3, -0.25) is 0 Å². The first-order valence-corrected chi connectivity index (χ1v) is 11.1. The molecule has 0 saturated heterocycles. The van der Waals surface area contributed by atoms with E-state index >= 15 is 0 Å². The van der Waals surface area contributed by atoms with Crippen LogP contribution in [0.1, 0.15) is 42.4 Å². The third kappa shape index (κ3) is 3.36. The molecular formula is C23H21NO2S. The predicted octanol–water partition coefficient (Wildman–Crippen LogP) is 5.00. The average Bonchev–Trinajstić information content (AvgIpc) is 3.28. The Bertz CT molecular complexity index is 1080. The topological polar surface area (TPSA) is 57.9 Å². The Kier molecular flexibility index (Phi) is 4.28. The van der Waals surface area contributed by atoms with Crippen LogP contribution in [0.15, 0.2) is 65.6 Å². The van der Waals surface area contributed by atoms with Gasteiger partial charge in [0.15, 0.2) is 9.84 Å². The van der Waals surface area contributed by atoms with Crippen LogP contribution in [0, 0.1) is 16.7 Å². The maximum atomic E-state index is 11.8. The lowest BCUT2D eigenvalue weighted by Crippen LogP contribution is -2.05. The van der Waals surface area contributed by atoms with Gasteiger partial charge in [0.2, 0.25) is 0 Å². The minimum absolute atomic E-state index is 0.105. The zero-order valence-electron chi connectivity index (χ0n) is 15.3. The number of sulfone groups is 1. The summed E-state index contributed by atoms with van der Waals surface area (Å²) in [5.74, 6) is 0. The van der Waals surface area contributed by atoms with Crippen molar-refractivity contribution < 1.29 is 8.42 Å². The molecule has 0 amide bonds. The molecule has 136 valence electrons. The number of nitrogens with zero attached hydrogens (tertiary/aromatic N) is 1. The van der Waals surface area contributed by atoms with Crippen LogP contribution in [-0.4, -0.2) is 14.7 Å². The first kappa shape index (κ1) is 17.8. The molecule has 0 aliphatic heterocycles. The second-order valence-corrected chi connectivity index (χ2v) is 9.56. The summed E-state index contributed by atoms with van der Waals surface area (Å²) in [4.78, 5) is 0.337. The van der Waals surface area contributed by atoms with Crippen LogP contribution in [0.2, 0.25) is 0 Å². The SMILES string of the molecule is CS(=O)(=O)c1ccc(C2=CC3(C=C2c2ccc(C#N)cc2)CCCC3)cc1. The molecule has 0 bridgehead atoms. The van der Waals surface area contributed by atoms with Crippen molar-refractivity contribution in [3.05, 3.63) is 77.4 Å². The molecule has 4 rings (SSSR count). The van der Waals surface area contributed by atoms with E-state index in [0.717, 1.165) is 29.5 Å². The molecule has 0 atom stereocenters. The fraction of sp³-hybridized carbons (Fsp3) is 0.261. The van der Waals surface area contributed by atoms with E-state index in [1.165, 1.54) is 24.7 Å². The highest BCUT2D eigenvalue weighted by atomic mass is 32.2. The van der Waals surface area contributed by atoms with Crippen LogP contribution in [0.25, 0.3) is 11.1 Å². The summed E-state index contributed by atoms with van der Waals surface area (Å²) in [6.45, 7) is 0. The van der Waals surface area contributed by atoms with Crippen LogP contribution >= 0.6 is 0 Å². The average molecular weight is 375 g/mol. The van der Waals surface area contributed by atoms with Gasteiger partial charge in [0.25, 0.3) is 0 Å². The first-order chi connectivity index (χ1) is 12.9. The zero-order valence-corrected chi connectivity index (χ0v) is 16.1. The second-order valence-electron chi connectivity index (χ2n) is 7.54. The highest BCUT2D eigenvalue weighted by Crippen LogP contribution is 2.51. The molecule has 1 spiro atoms. The van der Waals surface area contributed by atoms with Crippen molar-refractivity contribution in [1.82, 2.24) is 0 Å². The van der Waals surface area contributed by atoms with Crippen molar-refractivity contribution in [2.24, 2.45) is 5.41 Å². The van der Waals surface area contributed by atoms with E-state index in [2.05, 4.69) is 18.2 Å². The van der Waals surface area contributed by atoms with Gasteiger partial charge >= 0.3 is 0 Å². The molecule has 2 aliphatic rings. The Morgan fingerprint density at radius 2 is 1.33 bits per heavy atom. The molecule has 0 unspecified atom stereocenters. The molecule has 2 aromatic carbocycles. The Hall–Kier alpha value is -2.64. The van der Waals surface area contributed by atoms with Gasteiger partial charge < -0.3 is 0 Å². The lowest BCUT2D eigenvalue weighted by atomic mass is 9.88. The monoisotopic (exact) mass is 375 g/mol. The molecule has 2 aromatic rings. The predicted molar refractivity (Wildman–Crippen MR) is 108 cm³/mol. The first-order valence-electron chi connectivity index (χ1n) is 9.17. The quantitative estimate of drug-likeness (QED) is 0.758. The molecule has 0 aromatic heterocycles. The number of benzene rings is 2. The maximum absolute atomic E-state index is 11.8. The van der Waals surface area contributed by atoms with Gasteiger partial charge in [-0.1, -0.05) is 49.3 Å². The standard InChI is InChI=1S/C23H21NO2S/c1-27(25,26)20-10-8-19(9-11-20)22-15-23(12-2-3-13-23)14-21(22)18-6-4-17(16-24)5-7-18/h4-11,14-15H,2-3,12-13H2,1H3. The van der Waals surface area contributed by atoms with Crippen molar-refractivity contribution in [2.75, 3.05) is 6.26 Å². The lowest BCUT2D eigenvalue weighted by Gasteiger charge is -2.16. The number of nitriles is 1. The minimum Gasteiger partial charge on any atom is -0.224 e. The van der Waals surface area contributed by atoms with Gasteiger partial charge in [-0.15, -0.1) is 0 Å². The third-order valence-corrected chi connectivity index (χ3v) is 6.74. The fourth-order valence-corrected chi connectivity index (χ4v) is 4.81. The summed E-state index contributed by atoms with van der Waals surface area (Å²) in [7, 11) is -3.20. The van der Waals surface area contributed by atoms with Crippen molar-refractivity contribution in [3.8, 4) is 6.07 Å². The summed E-state index contributed by atoms with van der Waals surface area (Å²) >= 11 is 0. The summed E-state index contributed by atoms with van der Waals surface area (Å²) in [5.41, 5.74) is 5.21. The normalized spacial score (nSPS) is 18.2. The molecule has 1 fully saturated rings. The van der Waals surface area contributed by atoms with E-state index < -0.39 is 9.84 Å². The highest BCUT2D eigenvalue weighted by molar-refractivity contribution is 7.90. The number of hydrogen-bond acceptors (Lipinski definition) is 3. The molecule has 3 nitrogen and oxygen atoms in total. The molecule has 1 saturated carbocycles. The van der Waals surface area contributed by atoms with Gasteiger partial charge in [-0.25, -0.2) is 8.42 Å². The summed E-state index contributed by atoms with van der Waals surface area (Å²) in [5, 5.41) is 9.06. The van der Waals surface area contributed by atoms with Crippen molar-refractivity contribution >= 4 is 21.0 Å². The number of allylic oxidation sites excluding steroid dienone is 4. The molecule has 2 aliphatic carbocycles. The van der Waals surface area contributed by atoms with E-state index in [-0.39, 0.29) is 5.41 Å². The van der Waals surface area contributed by atoms with Gasteiger partial charge in [-0.2, -0.15) is 5.26 Å². The molecule has 0 heterocycles. The number of rotatable bonds is 3. The Morgan fingerprint density at radius 1 is 0.852 bits per heavy atom. The molecule has 0 N–H and O–H groups in total. The minimum atomic E-state index is -3.20. The molecule has 4 heteroatoms. The van der Waals surface area contributed by atoms with E-state index in [9.17, 15) is 8.42 Å². The number of hydrogen-bond donors (Lipinski definition) is 0. The Balaban J connectivity index is 1.78. The Morgan fingerprint density at radius 3 is 1.78 bits per heavy atom. The van der Waals surface area contributed by atoms with E-state index in [1.54, 1.807) is 12.1 Å². The molecular weight excluding hydrogens is 354 g/mol. The zero-order chi connectivity index (χ0) is 19.1. The van der Waals surface area contributed by atoms with Crippen LogP contribution in [0.5, 0.6) is 0 Å². The van der Waals surface area contributed by atoms with Crippen LogP contribution in [0.3, 0.4) is 0 Å². The largest absolute Gasteiger partial charge is 0.224 e. The third-order valence-electron chi connectivity index (χ3n) is 5.61. The molecule has 0 radical (unpaired) electrons. The summed E-state index contributed by atoms with van der Waals surface area (Å²) in [6, 6.07) is 17.0. The Labute approximate surface area is 160 Å². The van der Waals surface area contributed by atoms with Gasteiger partial charge in [0.05, 0.1) is 16.5 Å². The van der Waals surface area contributed by atoms with E-state index in [4.69, 9.17) is 5.26 Å².